The van der Waals surface area contributed by atoms with Crippen LogP contribution in [-0.2, 0) is 4.43 Å². The first-order valence-electron chi connectivity index (χ1n) is 8.95. The third-order valence-corrected chi connectivity index (χ3v) is 10.1. The summed E-state index contributed by atoms with van der Waals surface area (Å²) in [5.74, 6) is -0.371. The van der Waals surface area contributed by atoms with Crippen LogP contribution in [0.3, 0.4) is 0 Å². The number of nitrogens with two attached hydrogens (primary N) is 1. The molecule has 1 unspecified atom stereocenters. The highest BCUT2D eigenvalue weighted by Gasteiger charge is 2.39. The van der Waals surface area contributed by atoms with Crippen LogP contribution in [0.25, 0.3) is 0 Å². The minimum absolute atomic E-state index is 0.0327. The fraction of sp³-hybridized carbons (Fsp3) is 0.632. The Balaban J connectivity index is 2.00. The first kappa shape index (κ1) is 20.2. The SMILES string of the molecule is CC(C)(C)[Si](C)(C)OCC1CC[C@@H](N)N1CC(=O)c1ccc(F)cc1. The van der Waals surface area contributed by atoms with Crippen molar-refractivity contribution in [3.8, 4) is 0 Å². The lowest BCUT2D eigenvalue weighted by atomic mass is 10.1. The Kier molecular flexibility index (Phi) is 6.20. The number of likely N-dealkylation sites (tertiary alicyclic amines) is 1. The molecule has 1 saturated heterocycles. The Morgan fingerprint density at radius 3 is 2.44 bits per heavy atom. The summed E-state index contributed by atoms with van der Waals surface area (Å²) in [6.07, 6.45) is 1.67. The van der Waals surface area contributed by atoms with Crippen LogP contribution in [0.1, 0.15) is 44.0 Å². The fourth-order valence-corrected chi connectivity index (χ4v) is 3.85. The summed E-state index contributed by atoms with van der Waals surface area (Å²) in [5, 5.41) is 0.155. The number of ketones is 1. The van der Waals surface area contributed by atoms with E-state index in [0.717, 1.165) is 12.8 Å². The molecule has 1 aromatic rings. The summed E-state index contributed by atoms with van der Waals surface area (Å²) in [5.41, 5.74) is 6.73. The van der Waals surface area contributed by atoms with Gasteiger partial charge >= 0.3 is 0 Å². The van der Waals surface area contributed by atoms with Crippen LogP contribution in [0, 0.1) is 5.82 Å². The van der Waals surface area contributed by atoms with Crippen LogP contribution in [0.4, 0.5) is 4.39 Å². The lowest BCUT2D eigenvalue weighted by molar-refractivity contribution is 0.0836. The second-order valence-corrected chi connectivity index (χ2v) is 13.3. The van der Waals surface area contributed by atoms with Gasteiger partial charge in [-0.2, -0.15) is 0 Å². The number of rotatable bonds is 6. The van der Waals surface area contributed by atoms with E-state index in [4.69, 9.17) is 10.2 Å². The van der Waals surface area contributed by atoms with E-state index >= 15 is 0 Å². The van der Waals surface area contributed by atoms with Gasteiger partial charge in [0.05, 0.1) is 12.7 Å². The van der Waals surface area contributed by atoms with Crippen molar-refractivity contribution in [2.24, 2.45) is 5.73 Å². The molecule has 0 radical (unpaired) electrons. The van der Waals surface area contributed by atoms with Crippen molar-refractivity contribution in [2.75, 3.05) is 13.2 Å². The van der Waals surface area contributed by atoms with Gasteiger partial charge in [0.2, 0.25) is 0 Å². The van der Waals surface area contributed by atoms with E-state index < -0.39 is 8.32 Å². The number of halogens is 1. The number of hydrogen-bond acceptors (Lipinski definition) is 4. The van der Waals surface area contributed by atoms with E-state index in [9.17, 15) is 9.18 Å². The summed E-state index contributed by atoms with van der Waals surface area (Å²) in [6, 6.07) is 5.85. The van der Waals surface area contributed by atoms with Crippen molar-refractivity contribution in [3.05, 3.63) is 35.6 Å². The maximum Gasteiger partial charge on any atom is 0.192 e. The molecule has 1 heterocycles. The van der Waals surface area contributed by atoms with Gasteiger partial charge in [0.15, 0.2) is 14.1 Å². The zero-order valence-electron chi connectivity index (χ0n) is 16.0. The molecule has 2 N–H and O–H groups in total. The highest BCUT2D eigenvalue weighted by Crippen LogP contribution is 2.37. The van der Waals surface area contributed by atoms with E-state index in [2.05, 4.69) is 33.9 Å². The monoisotopic (exact) mass is 366 g/mol. The zero-order valence-corrected chi connectivity index (χ0v) is 17.0. The maximum atomic E-state index is 13.0. The van der Waals surface area contributed by atoms with Gasteiger partial charge in [0.1, 0.15) is 5.82 Å². The first-order valence-corrected chi connectivity index (χ1v) is 11.9. The number of benzene rings is 1. The van der Waals surface area contributed by atoms with Crippen LogP contribution >= 0.6 is 0 Å². The summed E-state index contributed by atoms with van der Waals surface area (Å²) in [4.78, 5) is 14.6. The molecule has 6 heteroatoms. The number of Topliss-reactive ketones (excluding diaryl/α,β-unsaturated/α-hetero) is 1. The minimum atomic E-state index is -1.83. The van der Waals surface area contributed by atoms with Gasteiger partial charge in [-0.3, -0.25) is 9.69 Å². The summed E-state index contributed by atoms with van der Waals surface area (Å²) in [6.45, 7) is 12.0. The molecule has 1 aromatic carbocycles. The van der Waals surface area contributed by atoms with E-state index in [1.807, 2.05) is 4.90 Å². The van der Waals surface area contributed by atoms with Crippen molar-refractivity contribution >= 4 is 14.1 Å². The molecule has 0 spiro atoms. The second kappa shape index (κ2) is 7.66. The number of carbonyl (C=O) groups is 1. The average Bonchev–Trinajstić information content (AvgIpc) is 2.85. The lowest BCUT2D eigenvalue weighted by Crippen LogP contribution is -2.49. The summed E-state index contributed by atoms with van der Waals surface area (Å²) < 4.78 is 19.4. The zero-order chi connectivity index (χ0) is 18.8. The lowest BCUT2D eigenvalue weighted by Gasteiger charge is -2.38. The quantitative estimate of drug-likeness (QED) is 0.615. The van der Waals surface area contributed by atoms with Crippen LogP contribution in [0.2, 0.25) is 18.1 Å². The minimum Gasteiger partial charge on any atom is -0.415 e. The molecule has 25 heavy (non-hydrogen) atoms. The third-order valence-electron chi connectivity index (χ3n) is 5.63. The van der Waals surface area contributed by atoms with E-state index in [1.54, 1.807) is 0 Å². The molecular formula is C19H31FN2O2Si. The standard InChI is InChI=1S/C19H31FN2O2Si/c1-19(2,3)25(4,5)24-13-16-10-11-18(21)22(16)12-17(23)14-6-8-15(20)9-7-14/h6-9,16,18H,10-13,21H2,1-5H3/t16?,18-/m0/s1. The molecule has 2 rings (SSSR count). The van der Waals surface area contributed by atoms with Gasteiger partial charge in [0, 0.05) is 18.2 Å². The smallest absolute Gasteiger partial charge is 0.192 e. The van der Waals surface area contributed by atoms with Crippen molar-refractivity contribution in [1.29, 1.82) is 0 Å². The molecule has 1 aliphatic heterocycles. The summed E-state index contributed by atoms with van der Waals surface area (Å²) in [7, 11) is -1.83. The highest BCUT2D eigenvalue weighted by molar-refractivity contribution is 6.74. The van der Waals surface area contributed by atoms with E-state index in [-0.39, 0.29) is 35.4 Å². The molecule has 0 aromatic heterocycles. The number of hydrogen-bond donors (Lipinski definition) is 1. The predicted molar refractivity (Wildman–Crippen MR) is 102 cm³/mol. The fourth-order valence-electron chi connectivity index (χ4n) is 2.80. The Morgan fingerprint density at radius 1 is 1.28 bits per heavy atom. The Hall–Kier alpha value is -1.08. The molecular weight excluding hydrogens is 335 g/mol. The molecule has 0 amide bonds. The first-order chi connectivity index (χ1) is 11.5. The average molecular weight is 367 g/mol. The van der Waals surface area contributed by atoms with Crippen LogP contribution < -0.4 is 5.73 Å². The van der Waals surface area contributed by atoms with E-state index in [1.165, 1.54) is 24.3 Å². The van der Waals surface area contributed by atoms with Gasteiger partial charge in [-0.05, 0) is 55.2 Å². The Bertz CT molecular complexity index is 598. The van der Waals surface area contributed by atoms with Crippen LogP contribution in [-0.4, -0.2) is 44.4 Å². The normalized spacial score (nSPS) is 22.4. The molecule has 4 nitrogen and oxygen atoms in total. The molecule has 0 aliphatic carbocycles. The van der Waals surface area contributed by atoms with Crippen molar-refractivity contribution in [1.82, 2.24) is 4.90 Å². The van der Waals surface area contributed by atoms with Gasteiger partial charge in [-0.25, -0.2) is 4.39 Å². The Morgan fingerprint density at radius 2 is 1.88 bits per heavy atom. The molecule has 140 valence electrons. The topological polar surface area (TPSA) is 55.6 Å². The predicted octanol–water partition coefficient (Wildman–Crippen LogP) is 3.78. The van der Waals surface area contributed by atoms with Crippen LogP contribution in [0.5, 0.6) is 0 Å². The molecule has 1 aliphatic rings. The van der Waals surface area contributed by atoms with Gasteiger partial charge in [-0.15, -0.1) is 0 Å². The molecule has 2 atom stereocenters. The van der Waals surface area contributed by atoms with Crippen molar-refractivity contribution < 1.29 is 13.6 Å². The number of carbonyl (C=O) groups excluding carboxylic acids is 1. The van der Waals surface area contributed by atoms with Gasteiger partial charge in [0.25, 0.3) is 0 Å². The maximum absolute atomic E-state index is 13.0. The molecule has 0 saturated carbocycles. The van der Waals surface area contributed by atoms with Gasteiger partial charge in [-0.1, -0.05) is 20.8 Å². The molecule has 0 bridgehead atoms. The largest absolute Gasteiger partial charge is 0.415 e. The van der Waals surface area contributed by atoms with Gasteiger partial charge < -0.3 is 10.2 Å². The summed E-state index contributed by atoms with van der Waals surface area (Å²) >= 11 is 0. The molecule has 1 fully saturated rings. The second-order valence-electron chi connectivity index (χ2n) is 8.47. The van der Waals surface area contributed by atoms with Crippen LogP contribution in [0.15, 0.2) is 24.3 Å². The number of nitrogens with zero attached hydrogens (tertiary/aromatic N) is 1. The Labute approximate surface area is 151 Å². The third kappa shape index (κ3) is 4.97. The van der Waals surface area contributed by atoms with E-state index in [0.29, 0.717) is 12.2 Å². The van der Waals surface area contributed by atoms with Crippen molar-refractivity contribution in [3.63, 3.8) is 0 Å². The highest BCUT2D eigenvalue weighted by atomic mass is 28.4. The van der Waals surface area contributed by atoms with Crippen molar-refractivity contribution in [2.45, 2.75) is 64.0 Å².